The highest BCUT2D eigenvalue weighted by atomic mass is 16.4. The standard InChI is InChI=1S/C11H22N2O3/c1-5-13-11(3,4)10(16)12-7-6-8(2)9(14)15/h8,13H,5-7H2,1-4H3,(H,12,16)(H,14,15). The normalized spacial score (nSPS) is 13.2. The molecule has 5 nitrogen and oxygen atoms in total. The fraction of sp³-hybridized carbons (Fsp3) is 0.818. The molecule has 0 aliphatic heterocycles. The summed E-state index contributed by atoms with van der Waals surface area (Å²) in [6.45, 7) is 8.26. The lowest BCUT2D eigenvalue weighted by atomic mass is 10.0. The van der Waals surface area contributed by atoms with Crippen LogP contribution < -0.4 is 10.6 Å². The maximum absolute atomic E-state index is 11.7. The third kappa shape index (κ3) is 5.11. The van der Waals surface area contributed by atoms with Gasteiger partial charge >= 0.3 is 5.97 Å². The average Bonchev–Trinajstić information content (AvgIpc) is 2.16. The fourth-order valence-electron chi connectivity index (χ4n) is 1.27. The molecular weight excluding hydrogens is 208 g/mol. The van der Waals surface area contributed by atoms with E-state index in [-0.39, 0.29) is 5.91 Å². The molecule has 16 heavy (non-hydrogen) atoms. The molecule has 0 fully saturated rings. The predicted octanol–water partition coefficient (Wildman–Crippen LogP) is 0.601. The van der Waals surface area contributed by atoms with Gasteiger partial charge in [-0.1, -0.05) is 13.8 Å². The number of carbonyl (C=O) groups excluding carboxylic acids is 1. The molecule has 0 rings (SSSR count). The van der Waals surface area contributed by atoms with Crippen molar-refractivity contribution < 1.29 is 14.7 Å². The Morgan fingerprint density at radius 2 is 1.94 bits per heavy atom. The Hall–Kier alpha value is -1.10. The van der Waals surface area contributed by atoms with Crippen molar-refractivity contribution in [3.8, 4) is 0 Å². The molecule has 0 saturated heterocycles. The van der Waals surface area contributed by atoms with Crippen molar-refractivity contribution >= 4 is 11.9 Å². The second kappa shape index (κ2) is 6.48. The number of hydrogen-bond donors (Lipinski definition) is 3. The first-order valence-corrected chi connectivity index (χ1v) is 5.57. The Morgan fingerprint density at radius 1 is 1.38 bits per heavy atom. The van der Waals surface area contributed by atoms with E-state index >= 15 is 0 Å². The van der Waals surface area contributed by atoms with Gasteiger partial charge in [-0.3, -0.25) is 9.59 Å². The van der Waals surface area contributed by atoms with Crippen LogP contribution in [-0.4, -0.2) is 35.6 Å². The van der Waals surface area contributed by atoms with Crippen LogP contribution >= 0.6 is 0 Å². The molecule has 3 N–H and O–H groups in total. The van der Waals surface area contributed by atoms with E-state index in [4.69, 9.17) is 5.11 Å². The van der Waals surface area contributed by atoms with Gasteiger partial charge in [0.05, 0.1) is 11.5 Å². The van der Waals surface area contributed by atoms with Crippen LogP contribution in [0.15, 0.2) is 0 Å². The third-order valence-electron chi connectivity index (χ3n) is 2.47. The van der Waals surface area contributed by atoms with E-state index in [2.05, 4.69) is 10.6 Å². The van der Waals surface area contributed by atoms with Gasteiger partial charge in [0.2, 0.25) is 5.91 Å². The van der Waals surface area contributed by atoms with Gasteiger partial charge in [0, 0.05) is 6.54 Å². The molecule has 0 saturated carbocycles. The van der Waals surface area contributed by atoms with Crippen LogP contribution in [0, 0.1) is 5.92 Å². The van der Waals surface area contributed by atoms with E-state index < -0.39 is 17.4 Å². The molecular formula is C11H22N2O3. The smallest absolute Gasteiger partial charge is 0.306 e. The van der Waals surface area contributed by atoms with Gasteiger partial charge < -0.3 is 15.7 Å². The number of carboxylic acid groups (broad SMARTS) is 1. The molecule has 0 bridgehead atoms. The summed E-state index contributed by atoms with van der Waals surface area (Å²) >= 11 is 0. The SMILES string of the molecule is CCNC(C)(C)C(=O)NCCC(C)C(=O)O. The minimum absolute atomic E-state index is 0.105. The molecule has 0 aliphatic rings. The van der Waals surface area contributed by atoms with E-state index in [1.807, 2.05) is 6.92 Å². The van der Waals surface area contributed by atoms with Crippen molar-refractivity contribution in [3.05, 3.63) is 0 Å². The summed E-state index contributed by atoms with van der Waals surface area (Å²) in [5.74, 6) is -1.37. The summed E-state index contributed by atoms with van der Waals surface area (Å²) in [4.78, 5) is 22.2. The summed E-state index contributed by atoms with van der Waals surface area (Å²) in [5, 5.41) is 14.4. The molecule has 0 radical (unpaired) electrons. The van der Waals surface area contributed by atoms with E-state index in [0.717, 1.165) is 0 Å². The Morgan fingerprint density at radius 3 is 2.38 bits per heavy atom. The van der Waals surface area contributed by atoms with Gasteiger partial charge in [-0.2, -0.15) is 0 Å². The Bertz CT molecular complexity index is 252. The molecule has 1 unspecified atom stereocenters. The molecule has 5 heteroatoms. The van der Waals surface area contributed by atoms with Crippen LogP contribution in [0.1, 0.15) is 34.1 Å². The molecule has 0 aromatic carbocycles. The Balaban J connectivity index is 3.94. The number of carboxylic acids is 1. The lowest BCUT2D eigenvalue weighted by Crippen LogP contribution is -2.52. The van der Waals surface area contributed by atoms with Crippen molar-refractivity contribution in [1.29, 1.82) is 0 Å². The molecule has 0 aliphatic carbocycles. The van der Waals surface area contributed by atoms with Crippen molar-refractivity contribution in [1.82, 2.24) is 10.6 Å². The summed E-state index contributed by atoms with van der Waals surface area (Å²) in [5.41, 5.74) is -0.610. The van der Waals surface area contributed by atoms with Gasteiger partial charge in [0.25, 0.3) is 0 Å². The first-order chi connectivity index (χ1) is 7.31. The van der Waals surface area contributed by atoms with Crippen LogP contribution in [-0.2, 0) is 9.59 Å². The molecule has 1 amide bonds. The highest BCUT2D eigenvalue weighted by molar-refractivity contribution is 5.85. The number of likely N-dealkylation sites (N-methyl/N-ethyl adjacent to an activating group) is 1. The van der Waals surface area contributed by atoms with Crippen molar-refractivity contribution in [3.63, 3.8) is 0 Å². The number of amides is 1. The molecule has 1 atom stereocenters. The Labute approximate surface area is 96.6 Å². The van der Waals surface area contributed by atoms with Gasteiger partial charge in [0.15, 0.2) is 0 Å². The highest BCUT2D eigenvalue weighted by Gasteiger charge is 2.25. The summed E-state index contributed by atoms with van der Waals surface area (Å²) in [6, 6.07) is 0. The van der Waals surface area contributed by atoms with Crippen LogP contribution in [0.4, 0.5) is 0 Å². The van der Waals surface area contributed by atoms with Gasteiger partial charge in [-0.25, -0.2) is 0 Å². The second-order valence-electron chi connectivity index (χ2n) is 4.44. The number of aliphatic carboxylic acids is 1. The summed E-state index contributed by atoms with van der Waals surface area (Å²) < 4.78 is 0. The number of rotatable bonds is 7. The van der Waals surface area contributed by atoms with Crippen LogP contribution in [0.3, 0.4) is 0 Å². The number of carbonyl (C=O) groups is 2. The van der Waals surface area contributed by atoms with Gasteiger partial charge in [-0.05, 0) is 26.8 Å². The lowest BCUT2D eigenvalue weighted by molar-refractivity contribution is -0.141. The first-order valence-electron chi connectivity index (χ1n) is 5.57. The van der Waals surface area contributed by atoms with Crippen molar-refractivity contribution in [2.45, 2.75) is 39.7 Å². The van der Waals surface area contributed by atoms with Crippen molar-refractivity contribution in [2.24, 2.45) is 5.92 Å². The zero-order chi connectivity index (χ0) is 12.8. The minimum atomic E-state index is -0.833. The summed E-state index contributed by atoms with van der Waals surface area (Å²) in [6.07, 6.45) is 0.448. The summed E-state index contributed by atoms with van der Waals surface area (Å²) in [7, 11) is 0. The monoisotopic (exact) mass is 230 g/mol. The predicted molar refractivity (Wildman–Crippen MR) is 62.2 cm³/mol. The van der Waals surface area contributed by atoms with E-state index in [1.165, 1.54) is 0 Å². The van der Waals surface area contributed by atoms with Crippen LogP contribution in [0.25, 0.3) is 0 Å². The zero-order valence-corrected chi connectivity index (χ0v) is 10.5. The van der Waals surface area contributed by atoms with E-state index in [9.17, 15) is 9.59 Å². The van der Waals surface area contributed by atoms with Crippen LogP contribution in [0.2, 0.25) is 0 Å². The molecule has 0 heterocycles. The molecule has 0 spiro atoms. The molecule has 0 aromatic heterocycles. The second-order valence-corrected chi connectivity index (χ2v) is 4.44. The maximum Gasteiger partial charge on any atom is 0.306 e. The first kappa shape index (κ1) is 14.9. The molecule has 94 valence electrons. The van der Waals surface area contributed by atoms with E-state index in [0.29, 0.717) is 19.5 Å². The number of nitrogens with one attached hydrogen (secondary N) is 2. The third-order valence-corrected chi connectivity index (χ3v) is 2.47. The maximum atomic E-state index is 11.7. The van der Waals surface area contributed by atoms with Gasteiger partial charge in [0.1, 0.15) is 0 Å². The Kier molecular flexibility index (Phi) is 6.03. The zero-order valence-electron chi connectivity index (χ0n) is 10.5. The minimum Gasteiger partial charge on any atom is -0.481 e. The lowest BCUT2D eigenvalue weighted by Gasteiger charge is -2.24. The van der Waals surface area contributed by atoms with Crippen LogP contribution in [0.5, 0.6) is 0 Å². The quantitative estimate of drug-likeness (QED) is 0.598. The number of hydrogen-bond acceptors (Lipinski definition) is 3. The molecule has 0 aromatic rings. The largest absolute Gasteiger partial charge is 0.481 e. The topological polar surface area (TPSA) is 78.4 Å². The fourth-order valence-corrected chi connectivity index (χ4v) is 1.27. The van der Waals surface area contributed by atoms with E-state index in [1.54, 1.807) is 20.8 Å². The van der Waals surface area contributed by atoms with Gasteiger partial charge in [-0.15, -0.1) is 0 Å². The highest BCUT2D eigenvalue weighted by Crippen LogP contribution is 2.03. The van der Waals surface area contributed by atoms with Crippen molar-refractivity contribution in [2.75, 3.05) is 13.1 Å². The average molecular weight is 230 g/mol.